The second-order valence-corrected chi connectivity index (χ2v) is 5.96. The maximum absolute atomic E-state index is 12.5. The van der Waals surface area contributed by atoms with Crippen LogP contribution in [0.4, 0.5) is 0 Å². The molecule has 0 spiro atoms. The van der Waals surface area contributed by atoms with E-state index < -0.39 is 0 Å². The highest BCUT2D eigenvalue weighted by Gasteiger charge is 2.16. The monoisotopic (exact) mass is 323 g/mol. The van der Waals surface area contributed by atoms with E-state index in [-0.39, 0.29) is 5.91 Å². The molecule has 0 aliphatic heterocycles. The van der Waals surface area contributed by atoms with E-state index in [0.29, 0.717) is 17.1 Å². The van der Waals surface area contributed by atoms with E-state index in [4.69, 9.17) is 11.6 Å². The van der Waals surface area contributed by atoms with Gasteiger partial charge in [0.1, 0.15) is 0 Å². The molecule has 21 heavy (non-hydrogen) atoms. The van der Waals surface area contributed by atoms with E-state index in [1.165, 1.54) is 0 Å². The average molecular weight is 324 g/mol. The van der Waals surface area contributed by atoms with E-state index in [1.807, 2.05) is 42.3 Å². The molecule has 1 aromatic heterocycles. The second kappa shape index (κ2) is 7.00. The van der Waals surface area contributed by atoms with Crippen molar-refractivity contribution in [3.8, 4) is 0 Å². The van der Waals surface area contributed by atoms with Crippen molar-refractivity contribution < 1.29 is 4.79 Å². The predicted molar refractivity (Wildman–Crippen MR) is 86.9 cm³/mol. The Labute approximate surface area is 134 Å². The highest BCUT2D eigenvalue weighted by Crippen LogP contribution is 2.24. The fourth-order valence-electron chi connectivity index (χ4n) is 1.98. The van der Waals surface area contributed by atoms with Crippen LogP contribution in [0.25, 0.3) is 0 Å². The molecule has 4 nitrogen and oxygen atoms in total. The third kappa shape index (κ3) is 3.80. The van der Waals surface area contributed by atoms with E-state index in [2.05, 4.69) is 5.10 Å². The van der Waals surface area contributed by atoms with Gasteiger partial charge in [0.25, 0.3) is 5.91 Å². The molecule has 2 aromatic rings. The van der Waals surface area contributed by atoms with E-state index in [1.54, 1.807) is 29.8 Å². The van der Waals surface area contributed by atoms with Crippen molar-refractivity contribution in [2.75, 3.05) is 13.3 Å². The van der Waals surface area contributed by atoms with Crippen LogP contribution in [0.1, 0.15) is 23.0 Å². The molecule has 0 radical (unpaired) electrons. The average Bonchev–Trinajstić information content (AvgIpc) is 2.94. The van der Waals surface area contributed by atoms with Gasteiger partial charge in [0.2, 0.25) is 0 Å². The van der Waals surface area contributed by atoms with Crippen molar-refractivity contribution in [2.24, 2.45) is 0 Å². The van der Waals surface area contributed by atoms with Crippen LogP contribution in [0.15, 0.2) is 35.4 Å². The molecule has 0 saturated carbocycles. The normalized spacial score (nSPS) is 10.7. The van der Waals surface area contributed by atoms with Crippen LogP contribution in [-0.4, -0.2) is 33.9 Å². The first kappa shape index (κ1) is 15.9. The van der Waals surface area contributed by atoms with Gasteiger partial charge in [-0.25, -0.2) is 0 Å². The summed E-state index contributed by atoms with van der Waals surface area (Å²) in [4.78, 5) is 15.2. The molecule has 0 atom stereocenters. The Hall–Kier alpha value is -1.46. The van der Waals surface area contributed by atoms with Gasteiger partial charge >= 0.3 is 0 Å². The molecule has 0 aliphatic carbocycles. The van der Waals surface area contributed by atoms with Gasteiger partial charge < -0.3 is 4.90 Å². The maximum atomic E-state index is 12.5. The van der Waals surface area contributed by atoms with Crippen molar-refractivity contribution in [2.45, 2.75) is 24.9 Å². The van der Waals surface area contributed by atoms with Gasteiger partial charge in [-0.05, 0) is 37.4 Å². The second-order valence-electron chi connectivity index (χ2n) is 4.67. The number of carbonyl (C=O) groups excluding carboxylic acids is 1. The highest BCUT2D eigenvalue weighted by molar-refractivity contribution is 7.98. The first-order chi connectivity index (χ1) is 10.0. The topological polar surface area (TPSA) is 38.1 Å². The van der Waals surface area contributed by atoms with Crippen molar-refractivity contribution in [3.05, 3.63) is 46.7 Å². The lowest BCUT2D eigenvalue weighted by molar-refractivity contribution is 0.0783. The summed E-state index contributed by atoms with van der Waals surface area (Å²) < 4.78 is 1.84. The summed E-state index contributed by atoms with van der Waals surface area (Å²) in [6, 6.07) is 7.43. The maximum Gasteiger partial charge on any atom is 0.255 e. The minimum absolute atomic E-state index is 0.0954. The molecular formula is C15H18ClN3OS. The summed E-state index contributed by atoms with van der Waals surface area (Å²) in [5, 5.41) is 4.86. The Morgan fingerprint density at radius 1 is 1.43 bits per heavy atom. The Bertz CT molecular complexity index is 642. The van der Waals surface area contributed by atoms with Crippen LogP contribution in [0.2, 0.25) is 5.02 Å². The fraction of sp³-hybridized carbons (Fsp3) is 0.333. The lowest BCUT2D eigenvalue weighted by atomic mass is 10.2. The summed E-state index contributed by atoms with van der Waals surface area (Å²) >= 11 is 7.73. The molecule has 1 heterocycles. The molecule has 0 unspecified atom stereocenters. The number of carbonyl (C=O) groups is 1. The number of hydrogen-bond donors (Lipinski definition) is 0. The molecule has 0 aliphatic rings. The van der Waals surface area contributed by atoms with Crippen molar-refractivity contribution in [3.63, 3.8) is 0 Å². The van der Waals surface area contributed by atoms with Crippen LogP contribution in [0.3, 0.4) is 0 Å². The third-order valence-corrected chi connectivity index (χ3v) is 4.22. The molecule has 1 amide bonds. The van der Waals surface area contributed by atoms with Crippen molar-refractivity contribution in [1.82, 2.24) is 14.7 Å². The first-order valence-electron chi connectivity index (χ1n) is 6.66. The van der Waals surface area contributed by atoms with Crippen LogP contribution in [0.5, 0.6) is 0 Å². The number of amides is 1. The molecule has 112 valence electrons. The van der Waals surface area contributed by atoms with Crippen molar-refractivity contribution in [1.29, 1.82) is 0 Å². The quantitative estimate of drug-likeness (QED) is 0.790. The van der Waals surface area contributed by atoms with Crippen LogP contribution in [0, 0.1) is 0 Å². The van der Waals surface area contributed by atoms with Crippen LogP contribution < -0.4 is 0 Å². The Balaban J connectivity index is 2.15. The SMILES string of the molecule is CCn1ccc(CN(C)C(=O)c2cc(SC)ccc2Cl)n1. The highest BCUT2D eigenvalue weighted by atomic mass is 35.5. The zero-order valence-electron chi connectivity index (χ0n) is 12.3. The number of benzene rings is 1. The Morgan fingerprint density at radius 2 is 2.19 bits per heavy atom. The van der Waals surface area contributed by atoms with Gasteiger partial charge in [-0.2, -0.15) is 5.10 Å². The minimum Gasteiger partial charge on any atom is -0.336 e. The van der Waals surface area contributed by atoms with Gasteiger partial charge in [0.05, 0.1) is 22.8 Å². The largest absolute Gasteiger partial charge is 0.336 e. The van der Waals surface area contributed by atoms with Gasteiger partial charge in [0.15, 0.2) is 0 Å². The zero-order valence-corrected chi connectivity index (χ0v) is 13.9. The number of aromatic nitrogens is 2. The number of hydrogen-bond acceptors (Lipinski definition) is 3. The Morgan fingerprint density at radius 3 is 2.81 bits per heavy atom. The fourth-order valence-corrected chi connectivity index (χ4v) is 2.62. The molecule has 2 rings (SSSR count). The summed E-state index contributed by atoms with van der Waals surface area (Å²) in [6.07, 6.45) is 3.88. The molecule has 1 aromatic carbocycles. The molecule has 0 fully saturated rings. The molecular weight excluding hydrogens is 306 g/mol. The summed E-state index contributed by atoms with van der Waals surface area (Å²) in [7, 11) is 1.76. The summed E-state index contributed by atoms with van der Waals surface area (Å²) in [5.41, 5.74) is 1.39. The molecule has 0 bridgehead atoms. The van der Waals surface area contributed by atoms with Gasteiger partial charge in [-0.15, -0.1) is 11.8 Å². The summed E-state index contributed by atoms with van der Waals surface area (Å²) in [5.74, 6) is -0.0954. The van der Waals surface area contributed by atoms with Gasteiger partial charge in [-0.3, -0.25) is 9.48 Å². The van der Waals surface area contributed by atoms with E-state index in [9.17, 15) is 4.79 Å². The predicted octanol–water partition coefficient (Wildman–Crippen LogP) is 3.55. The number of thioether (sulfide) groups is 1. The van der Waals surface area contributed by atoms with Gasteiger partial charge in [-0.1, -0.05) is 11.6 Å². The molecule has 0 N–H and O–H groups in total. The number of rotatable bonds is 5. The van der Waals surface area contributed by atoms with Crippen LogP contribution in [-0.2, 0) is 13.1 Å². The van der Waals surface area contributed by atoms with E-state index in [0.717, 1.165) is 17.1 Å². The Kier molecular flexibility index (Phi) is 5.31. The van der Waals surface area contributed by atoms with E-state index >= 15 is 0 Å². The lowest BCUT2D eigenvalue weighted by Crippen LogP contribution is -2.26. The molecule has 6 heteroatoms. The zero-order chi connectivity index (χ0) is 15.4. The van der Waals surface area contributed by atoms with Gasteiger partial charge in [0, 0.05) is 24.7 Å². The number of nitrogens with zero attached hydrogens (tertiary/aromatic N) is 3. The van der Waals surface area contributed by atoms with Crippen LogP contribution >= 0.6 is 23.4 Å². The standard InChI is InChI=1S/C15H18ClN3OS/c1-4-19-8-7-11(17-19)10-18(2)15(20)13-9-12(21-3)5-6-14(13)16/h5-9H,4,10H2,1-3H3. The number of aryl methyl sites for hydroxylation is 1. The third-order valence-electron chi connectivity index (χ3n) is 3.17. The summed E-state index contributed by atoms with van der Waals surface area (Å²) in [6.45, 7) is 3.31. The number of halogens is 1. The smallest absolute Gasteiger partial charge is 0.255 e. The minimum atomic E-state index is -0.0954. The lowest BCUT2D eigenvalue weighted by Gasteiger charge is -2.17. The van der Waals surface area contributed by atoms with Crippen molar-refractivity contribution >= 4 is 29.3 Å². The first-order valence-corrected chi connectivity index (χ1v) is 8.26. The molecule has 0 saturated heterocycles.